The predicted octanol–water partition coefficient (Wildman–Crippen LogP) is 1.62. The Balaban J connectivity index is 1.47. The highest BCUT2D eigenvalue weighted by molar-refractivity contribution is 5.86. The molecule has 0 aromatic heterocycles. The Hall–Kier alpha value is -1.61. The number of likely N-dealkylation sites (tertiary alicyclic amines) is 1. The van der Waals surface area contributed by atoms with Crippen molar-refractivity contribution in [3.8, 4) is 6.07 Å². The molecule has 3 rings (SSSR count). The van der Waals surface area contributed by atoms with Gasteiger partial charge in [-0.2, -0.15) is 5.26 Å². The van der Waals surface area contributed by atoms with Crippen LogP contribution in [0, 0.1) is 16.7 Å². The van der Waals surface area contributed by atoms with Crippen LogP contribution in [0.5, 0.6) is 0 Å². The molecule has 3 fully saturated rings. The van der Waals surface area contributed by atoms with Crippen molar-refractivity contribution in [2.45, 2.75) is 51.4 Å². The monoisotopic (exact) mass is 346 g/mol. The fourth-order valence-corrected chi connectivity index (χ4v) is 4.38. The topological polar surface area (TPSA) is 67.6 Å². The summed E-state index contributed by atoms with van der Waals surface area (Å²) in [6.45, 7) is 4.97. The first-order valence-corrected chi connectivity index (χ1v) is 9.85. The third-order valence-electron chi connectivity index (χ3n) is 6.06. The maximum Gasteiger partial charge on any atom is 0.243 e. The second-order valence-corrected chi connectivity index (χ2v) is 7.76. The normalized spacial score (nSPS) is 24.6. The van der Waals surface area contributed by atoms with Gasteiger partial charge in [0.25, 0.3) is 0 Å². The molecule has 25 heavy (non-hydrogen) atoms. The summed E-state index contributed by atoms with van der Waals surface area (Å²) in [5.74, 6) is 0.247. The third-order valence-corrected chi connectivity index (χ3v) is 6.06. The van der Waals surface area contributed by atoms with Crippen molar-refractivity contribution >= 4 is 11.8 Å². The summed E-state index contributed by atoms with van der Waals surface area (Å²) in [5.41, 5.74) is -0.774. The van der Waals surface area contributed by atoms with Crippen LogP contribution in [0.3, 0.4) is 0 Å². The summed E-state index contributed by atoms with van der Waals surface area (Å²) in [4.78, 5) is 31.3. The Bertz CT molecular complexity index is 520. The second-order valence-electron chi connectivity index (χ2n) is 7.76. The first-order chi connectivity index (χ1) is 12.1. The van der Waals surface area contributed by atoms with Crippen LogP contribution >= 0.6 is 0 Å². The zero-order valence-corrected chi connectivity index (χ0v) is 15.2. The zero-order chi connectivity index (χ0) is 17.7. The van der Waals surface area contributed by atoms with Crippen LogP contribution < -0.4 is 0 Å². The van der Waals surface area contributed by atoms with E-state index in [2.05, 4.69) is 11.0 Å². The van der Waals surface area contributed by atoms with Crippen LogP contribution in [0.1, 0.15) is 51.4 Å². The van der Waals surface area contributed by atoms with E-state index in [1.165, 1.54) is 12.8 Å². The largest absolute Gasteiger partial charge is 0.342 e. The van der Waals surface area contributed by atoms with Crippen LogP contribution in [0.25, 0.3) is 0 Å². The lowest BCUT2D eigenvalue weighted by Crippen LogP contribution is -2.54. The van der Waals surface area contributed by atoms with E-state index in [4.69, 9.17) is 0 Å². The molecule has 0 bridgehead atoms. The van der Waals surface area contributed by atoms with E-state index in [0.717, 1.165) is 51.9 Å². The van der Waals surface area contributed by atoms with Crippen molar-refractivity contribution in [2.24, 2.45) is 5.41 Å². The molecule has 2 saturated heterocycles. The average molecular weight is 346 g/mol. The highest BCUT2D eigenvalue weighted by Gasteiger charge is 2.44. The van der Waals surface area contributed by atoms with Crippen molar-refractivity contribution in [1.82, 2.24) is 14.7 Å². The molecule has 1 saturated carbocycles. The SMILES string of the molecule is N#CC1(C(=O)N2CCN(CC(=O)N3CCCCCC3)CC2)CCCC1. The van der Waals surface area contributed by atoms with E-state index in [1.54, 1.807) is 0 Å². The van der Waals surface area contributed by atoms with Gasteiger partial charge < -0.3 is 9.80 Å². The fraction of sp³-hybridized carbons (Fsp3) is 0.842. The molecule has 6 heteroatoms. The molecule has 0 aromatic rings. The highest BCUT2D eigenvalue weighted by Crippen LogP contribution is 2.39. The summed E-state index contributed by atoms with van der Waals surface area (Å²) in [7, 11) is 0. The number of nitriles is 1. The Morgan fingerprint density at radius 1 is 0.800 bits per heavy atom. The summed E-state index contributed by atoms with van der Waals surface area (Å²) in [5, 5.41) is 9.50. The number of nitrogens with zero attached hydrogens (tertiary/aromatic N) is 4. The molecule has 1 aliphatic carbocycles. The average Bonchev–Trinajstić information content (AvgIpc) is 2.97. The zero-order valence-electron chi connectivity index (χ0n) is 15.2. The van der Waals surface area contributed by atoms with E-state index in [-0.39, 0.29) is 11.8 Å². The number of hydrogen-bond donors (Lipinski definition) is 0. The summed E-state index contributed by atoms with van der Waals surface area (Å²) in [6, 6.07) is 2.30. The Labute approximate surface area is 150 Å². The summed E-state index contributed by atoms with van der Waals surface area (Å²) >= 11 is 0. The van der Waals surface area contributed by atoms with Gasteiger partial charge in [0.05, 0.1) is 12.6 Å². The molecule has 2 amide bonds. The van der Waals surface area contributed by atoms with E-state index in [9.17, 15) is 14.9 Å². The number of rotatable bonds is 3. The lowest BCUT2D eigenvalue weighted by molar-refractivity contribution is -0.141. The number of amides is 2. The van der Waals surface area contributed by atoms with Gasteiger partial charge in [-0.15, -0.1) is 0 Å². The van der Waals surface area contributed by atoms with Gasteiger partial charge >= 0.3 is 0 Å². The van der Waals surface area contributed by atoms with Gasteiger partial charge in [-0.1, -0.05) is 25.7 Å². The minimum absolute atomic E-state index is 0.0194. The Kier molecular flexibility index (Phi) is 5.95. The van der Waals surface area contributed by atoms with Gasteiger partial charge in [0.15, 0.2) is 0 Å². The van der Waals surface area contributed by atoms with Gasteiger partial charge in [-0.25, -0.2) is 0 Å². The maximum atomic E-state index is 12.8. The van der Waals surface area contributed by atoms with E-state index in [0.29, 0.717) is 32.5 Å². The first kappa shape index (κ1) is 18.2. The van der Waals surface area contributed by atoms with Crippen LogP contribution in [-0.2, 0) is 9.59 Å². The van der Waals surface area contributed by atoms with E-state index >= 15 is 0 Å². The second kappa shape index (κ2) is 8.18. The highest BCUT2D eigenvalue weighted by atomic mass is 16.2. The van der Waals surface area contributed by atoms with Gasteiger partial charge in [0.2, 0.25) is 11.8 Å². The van der Waals surface area contributed by atoms with Crippen molar-refractivity contribution < 1.29 is 9.59 Å². The minimum Gasteiger partial charge on any atom is -0.342 e. The Morgan fingerprint density at radius 3 is 1.96 bits per heavy atom. The Morgan fingerprint density at radius 2 is 1.40 bits per heavy atom. The molecule has 138 valence electrons. The van der Waals surface area contributed by atoms with Crippen LogP contribution in [0.2, 0.25) is 0 Å². The quantitative estimate of drug-likeness (QED) is 0.779. The third kappa shape index (κ3) is 4.14. The van der Waals surface area contributed by atoms with E-state index < -0.39 is 5.41 Å². The molecular formula is C19H30N4O2. The van der Waals surface area contributed by atoms with Gasteiger partial charge in [-0.3, -0.25) is 14.5 Å². The smallest absolute Gasteiger partial charge is 0.243 e. The predicted molar refractivity (Wildman–Crippen MR) is 94.6 cm³/mol. The first-order valence-electron chi connectivity index (χ1n) is 9.85. The van der Waals surface area contributed by atoms with Gasteiger partial charge in [0.1, 0.15) is 5.41 Å². The molecule has 0 spiro atoms. The molecule has 2 heterocycles. The molecule has 6 nitrogen and oxygen atoms in total. The molecule has 2 aliphatic heterocycles. The van der Waals surface area contributed by atoms with Crippen molar-refractivity contribution in [3.63, 3.8) is 0 Å². The van der Waals surface area contributed by atoms with Crippen LogP contribution in [0.15, 0.2) is 0 Å². The van der Waals surface area contributed by atoms with Crippen LogP contribution in [0.4, 0.5) is 0 Å². The molecule has 0 unspecified atom stereocenters. The number of hydrogen-bond acceptors (Lipinski definition) is 4. The molecule has 0 N–H and O–H groups in total. The minimum atomic E-state index is -0.774. The number of piperazine rings is 1. The number of carbonyl (C=O) groups is 2. The molecule has 0 atom stereocenters. The summed E-state index contributed by atoms with van der Waals surface area (Å²) in [6.07, 6.45) is 8.05. The molecule has 0 radical (unpaired) electrons. The molecule has 3 aliphatic rings. The molecular weight excluding hydrogens is 316 g/mol. The lowest BCUT2D eigenvalue weighted by atomic mass is 9.86. The number of carbonyl (C=O) groups excluding carboxylic acids is 2. The summed E-state index contributed by atoms with van der Waals surface area (Å²) < 4.78 is 0. The van der Waals surface area contributed by atoms with E-state index in [1.807, 2.05) is 9.80 Å². The lowest BCUT2D eigenvalue weighted by Gasteiger charge is -2.38. The van der Waals surface area contributed by atoms with Crippen molar-refractivity contribution in [3.05, 3.63) is 0 Å². The fourth-order valence-electron chi connectivity index (χ4n) is 4.38. The van der Waals surface area contributed by atoms with Crippen LogP contribution in [-0.4, -0.2) is 72.3 Å². The van der Waals surface area contributed by atoms with Crippen molar-refractivity contribution in [2.75, 3.05) is 45.8 Å². The maximum absolute atomic E-state index is 12.8. The van der Waals surface area contributed by atoms with Gasteiger partial charge in [-0.05, 0) is 25.7 Å². The van der Waals surface area contributed by atoms with Gasteiger partial charge in [0, 0.05) is 39.3 Å². The van der Waals surface area contributed by atoms with Crippen molar-refractivity contribution in [1.29, 1.82) is 5.26 Å². The standard InChI is InChI=1S/C19H30N4O2/c20-16-19(7-3-4-8-19)18(25)23-13-11-21(12-14-23)15-17(24)22-9-5-1-2-6-10-22/h1-15H2. The molecule has 0 aromatic carbocycles.